The molecule has 1 aromatic carbocycles. The molecule has 0 N–H and O–H groups in total. The molecule has 0 radical (unpaired) electrons. The first-order valence-electron chi connectivity index (χ1n) is 4.16. The molecule has 0 saturated heterocycles. The highest BCUT2D eigenvalue weighted by molar-refractivity contribution is 8.50. The molecule has 0 aliphatic carbocycles. The highest BCUT2D eigenvalue weighted by atomic mass is 35.7. The van der Waals surface area contributed by atoms with Crippen molar-refractivity contribution in [2.75, 3.05) is 5.75 Å². The molecule has 2 atom stereocenters. The van der Waals surface area contributed by atoms with Crippen molar-refractivity contribution in [1.29, 1.82) is 0 Å². The van der Waals surface area contributed by atoms with Crippen molar-refractivity contribution < 1.29 is 7.84 Å². The van der Waals surface area contributed by atoms with E-state index in [0.717, 1.165) is 10.5 Å². The molecule has 1 aromatic rings. The molecule has 2 unspecified atom stereocenters. The second-order valence-electron chi connectivity index (χ2n) is 2.96. The van der Waals surface area contributed by atoms with Gasteiger partial charge in [-0.05, 0) is 31.8 Å². The Balaban J connectivity index is 2.45. The van der Waals surface area contributed by atoms with Crippen molar-refractivity contribution >= 4 is 47.3 Å². The fourth-order valence-corrected chi connectivity index (χ4v) is 6.01. The van der Waals surface area contributed by atoms with E-state index in [1.165, 1.54) is 0 Å². The van der Waals surface area contributed by atoms with Gasteiger partial charge in [-0.1, -0.05) is 30.4 Å². The zero-order valence-electron chi connectivity index (χ0n) is 7.56. The van der Waals surface area contributed by atoms with Gasteiger partial charge in [0.1, 0.15) is 0 Å². The van der Waals surface area contributed by atoms with E-state index in [4.69, 9.17) is 25.0 Å². The molecule has 2 nitrogen and oxygen atoms in total. The minimum absolute atomic E-state index is 0.532. The van der Waals surface area contributed by atoms with Crippen LogP contribution in [0.25, 0.3) is 6.08 Å². The predicted octanol–water partition coefficient (Wildman–Crippen LogP) is 3.78. The lowest BCUT2D eigenvalue weighted by molar-refractivity contribution is 0.617. The fourth-order valence-electron chi connectivity index (χ4n) is 1.43. The molecule has 0 saturated carbocycles. The first-order chi connectivity index (χ1) is 7.12. The third-order valence-corrected chi connectivity index (χ3v) is 6.76. The van der Waals surface area contributed by atoms with Crippen LogP contribution in [0.5, 0.6) is 0 Å². The third kappa shape index (κ3) is 2.40. The van der Waals surface area contributed by atoms with E-state index in [2.05, 4.69) is 0 Å². The third-order valence-electron chi connectivity index (χ3n) is 2.02. The summed E-state index contributed by atoms with van der Waals surface area (Å²) in [5.41, 5.74) is 0.996. The van der Waals surface area contributed by atoms with Crippen molar-refractivity contribution in [3.63, 3.8) is 0 Å². The molecular formula is C9H8Cl2O2S2. The Morgan fingerprint density at radius 1 is 1.40 bits per heavy atom. The van der Waals surface area contributed by atoms with Gasteiger partial charge in [-0.25, -0.2) is 7.84 Å². The van der Waals surface area contributed by atoms with Gasteiger partial charge >= 0.3 is 0 Å². The van der Waals surface area contributed by atoms with Crippen LogP contribution in [0.4, 0.5) is 0 Å². The van der Waals surface area contributed by atoms with E-state index in [9.17, 15) is 4.21 Å². The molecule has 6 heteroatoms. The molecule has 0 aromatic heterocycles. The number of benzene rings is 1. The van der Waals surface area contributed by atoms with Gasteiger partial charge in [0.2, 0.25) is 0 Å². The Bertz CT molecular complexity index is 436. The summed E-state index contributed by atoms with van der Waals surface area (Å²) in [5, 5.41) is 0. The molecule has 82 valence electrons. The molecule has 1 heterocycles. The van der Waals surface area contributed by atoms with Crippen molar-refractivity contribution in [2.24, 2.45) is 0 Å². The maximum Gasteiger partial charge on any atom is 0.267 e. The van der Waals surface area contributed by atoms with Crippen LogP contribution >= 0.6 is 30.9 Å². The monoisotopic (exact) mass is 282 g/mol. The van der Waals surface area contributed by atoms with Gasteiger partial charge in [0, 0.05) is 21.3 Å². The van der Waals surface area contributed by atoms with Gasteiger partial charge in [0.05, 0.1) is 0 Å². The van der Waals surface area contributed by atoms with Crippen molar-refractivity contribution in [3.8, 4) is 0 Å². The van der Waals surface area contributed by atoms with Gasteiger partial charge in [0.15, 0.2) is 0 Å². The van der Waals surface area contributed by atoms with Gasteiger partial charge < -0.3 is 0 Å². The van der Waals surface area contributed by atoms with Crippen LogP contribution in [0.1, 0.15) is 5.56 Å². The van der Waals surface area contributed by atoms with E-state index >= 15 is 0 Å². The lowest BCUT2D eigenvalue weighted by Gasteiger charge is -2.32. The molecular weight excluding hydrogens is 275 g/mol. The van der Waals surface area contributed by atoms with E-state index < -0.39 is 19.8 Å². The van der Waals surface area contributed by atoms with Crippen molar-refractivity contribution in [3.05, 3.63) is 35.9 Å². The maximum absolute atomic E-state index is 10.9. The molecule has 15 heavy (non-hydrogen) atoms. The zero-order chi connectivity index (χ0) is 10.9. The molecule has 2 rings (SSSR count). The Morgan fingerprint density at radius 2 is 2.13 bits per heavy atom. The van der Waals surface area contributed by atoms with E-state index in [-0.39, 0.29) is 0 Å². The smallest absolute Gasteiger partial charge is 0.211 e. The summed E-state index contributed by atoms with van der Waals surface area (Å²) in [6.45, 7) is 0. The number of hydrogen-bond acceptors (Lipinski definition) is 2. The van der Waals surface area contributed by atoms with Gasteiger partial charge in [0.25, 0.3) is 10.3 Å². The maximum atomic E-state index is 10.9. The largest absolute Gasteiger partial charge is 0.267 e. The summed E-state index contributed by atoms with van der Waals surface area (Å²) in [6, 6.07) is 7.62. The van der Waals surface area contributed by atoms with Gasteiger partial charge in [-0.2, -0.15) is 0 Å². The Hall–Kier alpha value is 0. The van der Waals surface area contributed by atoms with E-state index in [1.54, 1.807) is 0 Å². The summed E-state index contributed by atoms with van der Waals surface area (Å²) in [5.74, 6) is 0.532. The van der Waals surface area contributed by atoms with Crippen molar-refractivity contribution in [2.45, 2.75) is 4.90 Å². The van der Waals surface area contributed by atoms with Crippen LogP contribution < -0.4 is 0 Å². The summed E-state index contributed by atoms with van der Waals surface area (Å²) in [6.07, 6.45) is 3.89. The lowest BCUT2D eigenvalue weighted by atomic mass is 10.2. The SMILES string of the molecule is O=S(Cl)OS1(Cl)CC=Cc2ccccc21. The van der Waals surface area contributed by atoms with E-state index in [0.29, 0.717) is 5.75 Å². The standard InChI is InChI=1S/C9H8Cl2O2S2/c10-14(12)13-15(11)7-3-5-8-4-1-2-6-9(8)15/h1-6H,7H2. The first kappa shape index (κ1) is 11.5. The summed E-state index contributed by atoms with van der Waals surface area (Å²) >= 11 is 0. The van der Waals surface area contributed by atoms with Crippen LogP contribution in [0.2, 0.25) is 0 Å². The van der Waals surface area contributed by atoms with Gasteiger partial charge in [-0.3, -0.25) is 0 Å². The van der Waals surface area contributed by atoms with Crippen LogP contribution in [0.3, 0.4) is 0 Å². The fraction of sp³-hybridized carbons (Fsp3) is 0.111. The average molecular weight is 283 g/mol. The molecule has 1 aliphatic heterocycles. The highest BCUT2D eigenvalue weighted by Crippen LogP contribution is 2.64. The zero-order valence-corrected chi connectivity index (χ0v) is 10.7. The Morgan fingerprint density at radius 3 is 2.87 bits per heavy atom. The van der Waals surface area contributed by atoms with Crippen molar-refractivity contribution in [1.82, 2.24) is 0 Å². The topological polar surface area (TPSA) is 26.3 Å². The number of halogens is 2. The second kappa shape index (κ2) is 4.47. The van der Waals surface area contributed by atoms with Crippen LogP contribution in [-0.2, 0) is 13.9 Å². The molecule has 0 amide bonds. The van der Waals surface area contributed by atoms with Crippen LogP contribution in [0, 0.1) is 0 Å². The number of rotatable bonds is 2. The minimum Gasteiger partial charge on any atom is -0.211 e. The van der Waals surface area contributed by atoms with Gasteiger partial charge in [-0.15, -0.1) is 0 Å². The first-order valence-corrected chi connectivity index (χ1v) is 8.61. The number of fused-ring (bicyclic) bond motifs is 1. The Kier molecular flexibility index (Phi) is 3.42. The lowest BCUT2D eigenvalue weighted by Crippen LogP contribution is -2.06. The van der Waals surface area contributed by atoms with E-state index in [1.807, 2.05) is 36.4 Å². The summed E-state index contributed by atoms with van der Waals surface area (Å²) in [4.78, 5) is 0.878. The second-order valence-corrected chi connectivity index (χ2v) is 8.11. The summed E-state index contributed by atoms with van der Waals surface area (Å²) < 4.78 is 16.0. The normalized spacial score (nSPS) is 30.3. The average Bonchev–Trinajstić information content (AvgIpc) is 2.17. The molecule has 0 spiro atoms. The molecule has 0 bridgehead atoms. The summed E-state index contributed by atoms with van der Waals surface area (Å²) in [7, 11) is 7.75. The number of hydrogen-bond donors (Lipinski definition) is 0. The minimum atomic E-state index is -2.05. The molecule has 0 fully saturated rings. The quantitative estimate of drug-likeness (QED) is 0.772. The highest BCUT2D eigenvalue weighted by Gasteiger charge is 2.30. The van der Waals surface area contributed by atoms with Crippen LogP contribution in [0.15, 0.2) is 35.2 Å². The predicted molar refractivity (Wildman–Crippen MR) is 67.1 cm³/mol. The molecule has 1 aliphatic rings. The Labute approximate surface area is 101 Å². The van der Waals surface area contributed by atoms with Crippen LogP contribution in [-0.4, -0.2) is 9.96 Å².